The highest BCUT2D eigenvalue weighted by molar-refractivity contribution is 7.22. The Morgan fingerprint density at radius 2 is 2.06 bits per heavy atom. The molecule has 174 valence electrons. The molecule has 1 saturated heterocycles. The van der Waals surface area contributed by atoms with Crippen molar-refractivity contribution in [3.05, 3.63) is 40.7 Å². The van der Waals surface area contributed by atoms with Crippen LogP contribution in [-0.2, 0) is 4.74 Å². The van der Waals surface area contributed by atoms with Crippen LogP contribution in [0.2, 0.25) is 5.02 Å². The van der Waals surface area contributed by atoms with Crippen LogP contribution in [0.3, 0.4) is 0 Å². The largest absolute Gasteiger partial charge is 0.379 e. The van der Waals surface area contributed by atoms with E-state index in [1.807, 2.05) is 45.0 Å². The Morgan fingerprint density at radius 1 is 1.31 bits per heavy atom. The maximum absolute atomic E-state index is 13.7. The first-order valence-corrected chi connectivity index (χ1v) is 11.9. The Bertz CT molecular complexity index is 1060. The van der Waals surface area contributed by atoms with Gasteiger partial charge in [0.1, 0.15) is 11.2 Å². The Morgan fingerprint density at radius 3 is 2.75 bits per heavy atom. The van der Waals surface area contributed by atoms with Gasteiger partial charge < -0.3 is 4.74 Å². The van der Waals surface area contributed by atoms with Crippen LogP contribution in [0.25, 0.3) is 10.2 Å². The number of amides is 1. The zero-order valence-corrected chi connectivity index (χ0v) is 21.0. The van der Waals surface area contributed by atoms with Crippen LogP contribution in [0, 0.1) is 6.92 Å². The molecule has 0 atom stereocenters. The number of carbonyl (C=O) groups is 1. The van der Waals surface area contributed by atoms with Gasteiger partial charge in [-0.3, -0.25) is 19.3 Å². The molecule has 0 radical (unpaired) electrons. The van der Waals surface area contributed by atoms with Crippen LogP contribution < -0.4 is 4.90 Å². The Labute approximate surface area is 203 Å². The molecule has 1 aliphatic heterocycles. The van der Waals surface area contributed by atoms with Gasteiger partial charge >= 0.3 is 0 Å². The molecule has 1 aliphatic rings. The van der Waals surface area contributed by atoms with Gasteiger partial charge in [-0.2, -0.15) is 5.10 Å². The first-order chi connectivity index (χ1) is 14.9. The normalized spacial score (nSPS) is 14.7. The third-order valence-electron chi connectivity index (χ3n) is 5.36. The number of anilines is 1. The number of hydrogen-bond acceptors (Lipinski definition) is 6. The van der Waals surface area contributed by atoms with Gasteiger partial charge in [-0.1, -0.05) is 29.0 Å². The van der Waals surface area contributed by atoms with Crippen LogP contribution in [-0.4, -0.2) is 65.0 Å². The summed E-state index contributed by atoms with van der Waals surface area (Å²) in [5.41, 5.74) is 2.16. The number of ether oxygens (including phenoxy) is 1. The van der Waals surface area contributed by atoms with Gasteiger partial charge in [-0.05, 0) is 45.4 Å². The molecule has 2 aromatic heterocycles. The zero-order chi connectivity index (χ0) is 22.0. The minimum atomic E-state index is -0.0774. The van der Waals surface area contributed by atoms with Gasteiger partial charge in [-0.25, -0.2) is 4.98 Å². The molecule has 1 aromatic carbocycles. The zero-order valence-electron chi connectivity index (χ0n) is 18.6. The number of nitrogens with zero attached hydrogens (tertiary/aromatic N) is 5. The van der Waals surface area contributed by atoms with Crippen LogP contribution in [0.15, 0.2) is 24.3 Å². The molecule has 1 amide bonds. The number of aromatic nitrogens is 3. The minimum absolute atomic E-state index is 0. The molecule has 0 bridgehead atoms. The number of aryl methyl sites for hydroxylation is 1. The van der Waals surface area contributed by atoms with Crippen LogP contribution in [0.5, 0.6) is 0 Å². The molecule has 0 saturated carbocycles. The fourth-order valence-electron chi connectivity index (χ4n) is 3.79. The van der Waals surface area contributed by atoms with Crippen LogP contribution in [0.4, 0.5) is 5.13 Å². The first kappa shape index (κ1) is 24.9. The van der Waals surface area contributed by atoms with Crippen molar-refractivity contribution >= 4 is 56.6 Å². The lowest BCUT2D eigenvalue weighted by atomic mass is 10.2. The lowest BCUT2D eigenvalue weighted by molar-refractivity contribution is 0.0376. The summed E-state index contributed by atoms with van der Waals surface area (Å²) < 4.78 is 8.21. The summed E-state index contributed by atoms with van der Waals surface area (Å²) in [6.45, 7) is 10.9. The number of thiazole rings is 1. The van der Waals surface area contributed by atoms with Crippen molar-refractivity contribution in [1.29, 1.82) is 0 Å². The molecule has 7 nitrogen and oxygen atoms in total. The molecule has 3 heterocycles. The summed E-state index contributed by atoms with van der Waals surface area (Å²) in [7, 11) is 0. The Kier molecular flexibility index (Phi) is 8.52. The van der Waals surface area contributed by atoms with Gasteiger partial charge in [0.05, 0.1) is 28.6 Å². The topological polar surface area (TPSA) is 63.5 Å². The summed E-state index contributed by atoms with van der Waals surface area (Å²) >= 11 is 7.85. The van der Waals surface area contributed by atoms with Gasteiger partial charge in [0, 0.05) is 32.2 Å². The third-order valence-corrected chi connectivity index (χ3v) is 6.71. The van der Waals surface area contributed by atoms with Gasteiger partial charge in [0.15, 0.2) is 5.13 Å². The standard InChI is InChI=1S/C22H28ClN5O2S.ClH/c1-15(2)28-18(14-16(3)25-28)21(29)27(9-5-8-26-10-12-30-13-11-26)22-24-20-17(23)6-4-7-19(20)31-22;/h4,6-7,14-15H,5,8-13H2,1-3H3;1H. The molecule has 10 heteroatoms. The van der Waals surface area contributed by atoms with E-state index in [0.717, 1.165) is 55.2 Å². The van der Waals surface area contributed by atoms with Gasteiger partial charge in [0.25, 0.3) is 5.91 Å². The second-order valence-corrected chi connectivity index (χ2v) is 9.47. The Hall–Kier alpha value is -1.71. The number of morpholine rings is 1. The predicted octanol–water partition coefficient (Wildman–Crippen LogP) is 4.83. The number of benzene rings is 1. The van der Waals surface area contributed by atoms with E-state index in [0.29, 0.717) is 22.4 Å². The smallest absolute Gasteiger partial charge is 0.278 e. The summed E-state index contributed by atoms with van der Waals surface area (Å²) in [5, 5.41) is 5.80. The average Bonchev–Trinajstić information content (AvgIpc) is 3.36. The monoisotopic (exact) mass is 497 g/mol. The van der Waals surface area contributed by atoms with Crippen molar-refractivity contribution in [1.82, 2.24) is 19.7 Å². The van der Waals surface area contributed by atoms with E-state index in [4.69, 9.17) is 21.3 Å². The van der Waals surface area contributed by atoms with Crippen molar-refractivity contribution < 1.29 is 9.53 Å². The minimum Gasteiger partial charge on any atom is -0.379 e. The highest BCUT2D eigenvalue weighted by Crippen LogP contribution is 2.33. The van der Waals surface area contributed by atoms with Crippen molar-refractivity contribution in [3.63, 3.8) is 0 Å². The van der Waals surface area contributed by atoms with E-state index >= 15 is 0 Å². The van der Waals surface area contributed by atoms with Crippen molar-refractivity contribution in [2.24, 2.45) is 0 Å². The van der Waals surface area contributed by atoms with Gasteiger partial charge in [-0.15, -0.1) is 12.4 Å². The molecule has 3 aromatic rings. The predicted molar refractivity (Wildman–Crippen MR) is 133 cm³/mol. The quantitative estimate of drug-likeness (QED) is 0.467. The summed E-state index contributed by atoms with van der Waals surface area (Å²) in [4.78, 5) is 22.6. The molecule has 1 fully saturated rings. The Balaban J connectivity index is 0.00000289. The van der Waals surface area contributed by atoms with Crippen molar-refractivity contribution in [3.8, 4) is 0 Å². The summed E-state index contributed by atoms with van der Waals surface area (Å²) in [5.74, 6) is -0.0774. The molecular formula is C22H29Cl2N5O2S. The molecule has 32 heavy (non-hydrogen) atoms. The number of para-hydroxylation sites is 1. The molecule has 0 aliphatic carbocycles. The van der Waals surface area contributed by atoms with Crippen LogP contribution in [0.1, 0.15) is 42.5 Å². The molecular weight excluding hydrogens is 469 g/mol. The summed E-state index contributed by atoms with van der Waals surface area (Å²) in [6, 6.07) is 7.68. The van der Waals surface area contributed by atoms with Crippen LogP contribution >= 0.6 is 35.3 Å². The second-order valence-electron chi connectivity index (χ2n) is 8.06. The fourth-order valence-corrected chi connectivity index (χ4v) is 5.08. The number of halogens is 2. The van der Waals surface area contributed by atoms with Crippen molar-refractivity contribution in [2.45, 2.75) is 33.2 Å². The fraction of sp³-hybridized carbons (Fsp3) is 0.500. The second kappa shape index (κ2) is 10.9. The number of carbonyl (C=O) groups excluding carboxylic acids is 1. The molecule has 0 unspecified atom stereocenters. The third kappa shape index (κ3) is 5.43. The average molecular weight is 498 g/mol. The first-order valence-electron chi connectivity index (χ1n) is 10.7. The highest BCUT2D eigenvalue weighted by Gasteiger charge is 2.26. The van der Waals surface area contributed by atoms with E-state index < -0.39 is 0 Å². The van der Waals surface area contributed by atoms with Gasteiger partial charge in [0.2, 0.25) is 0 Å². The van der Waals surface area contributed by atoms with Crippen molar-refractivity contribution in [2.75, 3.05) is 44.3 Å². The number of rotatable bonds is 7. The lowest BCUT2D eigenvalue weighted by Gasteiger charge is -2.28. The van der Waals surface area contributed by atoms with E-state index in [9.17, 15) is 4.79 Å². The number of fused-ring (bicyclic) bond motifs is 1. The SMILES string of the molecule is Cc1cc(C(=O)N(CCCN2CCOCC2)c2nc3c(Cl)cccc3s2)n(C(C)C)n1.Cl. The van der Waals surface area contributed by atoms with E-state index in [1.165, 1.54) is 11.3 Å². The maximum Gasteiger partial charge on any atom is 0.278 e. The van der Waals surface area contributed by atoms with E-state index in [1.54, 1.807) is 9.58 Å². The lowest BCUT2D eigenvalue weighted by Crippen LogP contribution is -2.39. The molecule has 0 spiro atoms. The van der Waals surface area contributed by atoms with E-state index in [-0.39, 0.29) is 24.4 Å². The molecule has 4 rings (SSSR count). The summed E-state index contributed by atoms with van der Waals surface area (Å²) in [6.07, 6.45) is 0.851. The van der Waals surface area contributed by atoms with E-state index in [2.05, 4.69) is 10.00 Å². The molecule has 0 N–H and O–H groups in total. The highest BCUT2D eigenvalue weighted by atomic mass is 35.5. The maximum atomic E-state index is 13.7. The number of hydrogen-bond donors (Lipinski definition) is 0.